The molecule has 0 saturated carbocycles. The minimum atomic E-state index is -4.60. The van der Waals surface area contributed by atoms with Crippen molar-refractivity contribution in [1.82, 2.24) is 4.72 Å². The summed E-state index contributed by atoms with van der Waals surface area (Å²) < 4.78 is 60.0. The Labute approximate surface area is 235 Å². The Morgan fingerprint density at radius 2 is 1.61 bits per heavy atom. The second kappa shape index (κ2) is 13.1. The van der Waals surface area contributed by atoms with E-state index in [0.717, 1.165) is 22.6 Å². The fraction of sp³-hybridized carbons (Fsp3) is 0.304. The van der Waals surface area contributed by atoms with Crippen LogP contribution in [0.4, 0.5) is 10.7 Å². The number of thiophene rings is 1. The molecular weight excluding hydrogens is 597 g/mol. The summed E-state index contributed by atoms with van der Waals surface area (Å²) in [7, 11) is -8.72. The maximum atomic E-state index is 13.4. The number of aryl methyl sites for hydroxylation is 1. The smallest absolute Gasteiger partial charge is 0.328 e. The van der Waals surface area contributed by atoms with Crippen molar-refractivity contribution in [2.75, 3.05) is 36.3 Å². The second-order valence-corrected chi connectivity index (χ2v) is 13.2. The first kappa shape index (κ1) is 30.1. The zero-order valence-electron chi connectivity index (χ0n) is 20.1. The van der Waals surface area contributed by atoms with E-state index < -0.39 is 41.9 Å². The summed E-state index contributed by atoms with van der Waals surface area (Å²) >= 11 is 12.4. The molecule has 206 valence electrons. The molecule has 2 aromatic carbocycles. The molecule has 15 heteroatoms. The van der Waals surface area contributed by atoms with Gasteiger partial charge in [0.1, 0.15) is 11.0 Å². The van der Waals surface area contributed by atoms with Crippen LogP contribution in [0.15, 0.2) is 64.9 Å². The lowest BCUT2D eigenvalue weighted by atomic mass is 10.2. The van der Waals surface area contributed by atoms with E-state index >= 15 is 0 Å². The molecule has 0 aliphatic rings. The highest BCUT2D eigenvalue weighted by molar-refractivity contribution is 7.89. The van der Waals surface area contributed by atoms with E-state index in [9.17, 15) is 26.9 Å². The van der Waals surface area contributed by atoms with Gasteiger partial charge in [-0.1, -0.05) is 29.0 Å². The standard InChI is InChI=1S/C23H25Cl2N3O7S3/c1-17-2-8-20(9-3-17)37(31,32)26-16-22(21-10-15-36-23(21)28(29)30)38(33,34)35-19-6-4-18(5-7-19)27(13-11-24)14-12-25/h2-10,15,22,26H,11-14,16H2,1H3. The number of halogens is 2. The molecule has 1 N–H and O–H groups in total. The zero-order chi connectivity index (χ0) is 27.9. The second-order valence-electron chi connectivity index (χ2n) is 8.03. The molecule has 0 radical (unpaired) electrons. The summed E-state index contributed by atoms with van der Waals surface area (Å²) in [5.41, 5.74) is 1.40. The number of anilines is 1. The molecule has 1 unspecified atom stereocenters. The Bertz CT molecular complexity index is 1440. The van der Waals surface area contributed by atoms with Crippen LogP contribution in [0.3, 0.4) is 0 Å². The van der Waals surface area contributed by atoms with Crippen molar-refractivity contribution < 1.29 is 25.9 Å². The predicted octanol–water partition coefficient (Wildman–Crippen LogP) is 4.68. The first-order valence-corrected chi connectivity index (χ1v) is 16.1. The van der Waals surface area contributed by atoms with E-state index in [1.54, 1.807) is 31.2 Å². The van der Waals surface area contributed by atoms with Gasteiger partial charge in [0.25, 0.3) is 0 Å². The van der Waals surface area contributed by atoms with E-state index in [2.05, 4.69) is 4.72 Å². The minimum absolute atomic E-state index is 0.0466. The number of sulfonamides is 1. The molecule has 3 aromatic rings. The third kappa shape index (κ3) is 7.58. The lowest BCUT2D eigenvalue weighted by molar-refractivity contribution is -0.380. The van der Waals surface area contributed by atoms with E-state index in [4.69, 9.17) is 27.4 Å². The van der Waals surface area contributed by atoms with Crippen LogP contribution in [0.5, 0.6) is 5.75 Å². The van der Waals surface area contributed by atoms with Gasteiger partial charge in [0.2, 0.25) is 10.0 Å². The van der Waals surface area contributed by atoms with Crippen molar-refractivity contribution in [2.45, 2.75) is 17.1 Å². The summed E-state index contributed by atoms with van der Waals surface area (Å²) in [4.78, 5) is 12.7. The Morgan fingerprint density at radius 1 is 1.00 bits per heavy atom. The average Bonchev–Trinajstić information content (AvgIpc) is 3.34. The van der Waals surface area contributed by atoms with Crippen LogP contribution in [0.25, 0.3) is 0 Å². The Hall–Kier alpha value is -2.42. The highest BCUT2D eigenvalue weighted by Crippen LogP contribution is 2.36. The van der Waals surface area contributed by atoms with Gasteiger partial charge in [-0.15, -0.1) is 23.2 Å². The quantitative estimate of drug-likeness (QED) is 0.119. The van der Waals surface area contributed by atoms with E-state index in [0.29, 0.717) is 24.8 Å². The minimum Gasteiger partial charge on any atom is -0.382 e. The predicted molar refractivity (Wildman–Crippen MR) is 150 cm³/mol. The Kier molecular flexibility index (Phi) is 10.4. The molecule has 1 atom stereocenters. The number of rotatable bonds is 14. The van der Waals surface area contributed by atoms with Crippen LogP contribution in [0.1, 0.15) is 16.4 Å². The molecule has 10 nitrogen and oxygen atoms in total. The van der Waals surface area contributed by atoms with Gasteiger partial charge in [0.05, 0.1) is 15.4 Å². The maximum Gasteiger partial charge on any atom is 0.328 e. The first-order valence-electron chi connectivity index (χ1n) is 11.2. The van der Waals surface area contributed by atoms with Crippen molar-refractivity contribution in [3.05, 3.63) is 81.2 Å². The van der Waals surface area contributed by atoms with Crippen molar-refractivity contribution in [3.8, 4) is 5.75 Å². The van der Waals surface area contributed by atoms with Crippen LogP contribution in [-0.2, 0) is 20.1 Å². The molecule has 3 rings (SSSR count). The third-order valence-electron chi connectivity index (χ3n) is 5.45. The summed E-state index contributed by atoms with van der Waals surface area (Å²) in [5.74, 6) is 0.682. The Morgan fingerprint density at radius 3 is 2.16 bits per heavy atom. The maximum absolute atomic E-state index is 13.4. The molecule has 1 aromatic heterocycles. The SMILES string of the molecule is Cc1ccc(S(=O)(=O)NCC(c2ccsc2[N+](=O)[O-])S(=O)(=O)Oc2ccc(N(CCCl)CCCl)cc2)cc1. The molecule has 0 aliphatic carbocycles. The lowest BCUT2D eigenvalue weighted by Gasteiger charge is -2.23. The topological polar surface area (TPSA) is 136 Å². The van der Waals surface area contributed by atoms with Crippen molar-refractivity contribution >= 4 is 65.4 Å². The molecule has 0 fully saturated rings. The zero-order valence-corrected chi connectivity index (χ0v) is 24.1. The normalized spacial score (nSPS) is 12.7. The molecule has 0 saturated heterocycles. The monoisotopic (exact) mass is 621 g/mol. The van der Waals surface area contributed by atoms with Crippen molar-refractivity contribution in [3.63, 3.8) is 0 Å². The Balaban J connectivity index is 1.90. The summed E-state index contributed by atoms with van der Waals surface area (Å²) in [6, 6.07) is 13.3. The summed E-state index contributed by atoms with van der Waals surface area (Å²) in [6.07, 6.45) is 0. The number of hydrogen-bond acceptors (Lipinski definition) is 9. The van der Waals surface area contributed by atoms with E-state index in [-0.39, 0.29) is 16.2 Å². The van der Waals surface area contributed by atoms with Gasteiger partial charge in [-0.25, -0.2) is 13.1 Å². The number of alkyl halides is 2. The number of nitro groups is 1. The van der Waals surface area contributed by atoms with Gasteiger partial charge >= 0.3 is 15.1 Å². The van der Waals surface area contributed by atoms with Crippen molar-refractivity contribution in [1.29, 1.82) is 0 Å². The molecule has 38 heavy (non-hydrogen) atoms. The van der Waals surface area contributed by atoms with Crippen LogP contribution >= 0.6 is 34.5 Å². The molecular formula is C23H25Cl2N3O7S3. The number of nitrogens with one attached hydrogen (secondary N) is 1. The van der Waals surface area contributed by atoms with E-state index in [1.165, 1.54) is 35.7 Å². The molecule has 0 amide bonds. The highest BCUT2D eigenvalue weighted by Gasteiger charge is 2.37. The molecule has 0 bridgehead atoms. The van der Waals surface area contributed by atoms with Gasteiger partial charge in [-0.05, 0) is 54.8 Å². The number of benzene rings is 2. The van der Waals surface area contributed by atoms with Gasteiger partial charge in [-0.2, -0.15) is 8.42 Å². The van der Waals surface area contributed by atoms with Gasteiger partial charge in [0, 0.05) is 37.1 Å². The van der Waals surface area contributed by atoms with Crippen molar-refractivity contribution in [2.24, 2.45) is 0 Å². The van der Waals surface area contributed by atoms with Crippen LogP contribution in [-0.4, -0.2) is 53.2 Å². The largest absolute Gasteiger partial charge is 0.382 e. The number of nitrogens with zero attached hydrogens (tertiary/aromatic N) is 2. The van der Waals surface area contributed by atoms with Gasteiger partial charge in [-0.3, -0.25) is 10.1 Å². The van der Waals surface area contributed by atoms with Crippen LogP contribution in [0, 0.1) is 17.0 Å². The average molecular weight is 623 g/mol. The summed E-state index contributed by atoms with van der Waals surface area (Å²) in [5, 5.41) is 10.8. The fourth-order valence-electron chi connectivity index (χ4n) is 3.54. The van der Waals surface area contributed by atoms with Gasteiger partial charge in [0.15, 0.2) is 0 Å². The molecule has 0 spiro atoms. The fourth-order valence-corrected chi connectivity index (χ4v) is 7.23. The summed E-state index contributed by atoms with van der Waals surface area (Å²) in [6.45, 7) is 2.16. The first-order chi connectivity index (χ1) is 18.0. The molecule has 0 aliphatic heterocycles. The van der Waals surface area contributed by atoms with Gasteiger partial charge < -0.3 is 9.08 Å². The van der Waals surface area contributed by atoms with Crippen LogP contribution < -0.4 is 13.8 Å². The number of hydrogen-bond donors (Lipinski definition) is 1. The highest BCUT2D eigenvalue weighted by atomic mass is 35.5. The van der Waals surface area contributed by atoms with Crippen LogP contribution in [0.2, 0.25) is 0 Å². The third-order valence-corrected chi connectivity index (χ3v) is 9.65. The lowest BCUT2D eigenvalue weighted by Crippen LogP contribution is -2.33. The van der Waals surface area contributed by atoms with E-state index in [1.807, 2.05) is 4.90 Å². The molecule has 1 heterocycles.